The maximum atomic E-state index is 12.3. The number of carbonyl (C=O) groups excluding carboxylic acids is 1. The molecule has 0 aromatic heterocycles. The molecule has 0 heterocycles. The second kappa shape index (κ2) is 10.2. The summed E-state index contributed by atoms with van der Waals surface area (Å²) in [5.41, 5.74) is 0. The van der Waals surface area contributed by atoms with E-state index in [1.54, 1.807) is 12.1 Å². The van der Waals surface area contributed by atoms with E-state index in [1.807, 2.05) is 7.05 Å². The van der Waals surface area contributed by atoms with Gasteiger partial charge in [-0.05, 0) is 44.3 Å². The highest BCUT2D eigenvalue weighted by atomic mass is 79.9. The fourth-order valence-corrected chi connectivity index (χ4v) is 3.01. The Labute approximate surface area is 146 Å². The van der Waals surface area contributed by atoms with Crippen LogP contribution in [0.4, 0.5) is 0 Å². The van der Waals surface area contributed by atoms with Gasteiger partial charge in [0.05, 0.1) is 11.4 Å². The van der Waals surface area contributed by atoms with Gasteiger partial charge in [0.15, 0.2) is 0 Å². The monoisotopic (exact) mass is 413 g/mol. The predicted molar refractivity (Wildman–Crippen MR) is 92.8 cm³/mol. The summed E-state index contributed by atoms with van der Waals surface area (Å²) in [7, 11) is -0.420. The molecule has 22 heavy (non-hydrogen) atoms. The standard InChI is InChI=1S/C13H20BrN3O3S.ClH/c1-15-8-3-9-16-13(18)10-17(2)21(19,20)12-6-4-11(14)5-7-12;/h4-7,15H,3,8-10H2,1-2H3,(H,16,18);1H. The second-order valence-corrected chi connectivity index (χ2v) is 7.48. The smallest absolute Gasteiger partial charge is 0.243 e. The third-order valence-corrected chi connectivity index (χ3v) is 5.16. The molecule has 0 aliphatic carbocycles. The van der Waals surface area contributed by atoms with Crippen molar-refractivity contribution in [1.29, 1.82) is 0 Å². The fourth-order valence-electron chi connectivity index (χ4n) is 1.62. The SMILES string of the molecule is CNCCCNC(=O)CN(C)S(=O)(=O)c1ccc(Br)cc1.Cl. The number of hydrogen-bond acceptors (Lipinski definition) is 4. The maximum Gasteiger partial charge on any atom is 0.243 e. The summed E-state index contributed by atoms with van der Waals surface area (Å²) >= 11 is 3.25. The molecule has 0 aliphatic heterocycles. The first-order valence-electron chi connectivity index (χ1n) is 6.51. The molecule has 0 saturated heterocycles. The zero-order chi connectivity index (χ0) is 15.9. The molecule has 0 bridgehead atoms. The van der Waals surface area contributed by atoms with E-state index < -0.39 is 10.0 Å². The van der Waals surface area contributed by atoms with Crippen LogP contribution < -0.4 is 10.6 Å². The lowest BCUT2D eigenvalue weighted by molar-refractivity contribution is -0.121. The topological polar surface area (TPSA) is 78.5 Å². The van der Waals surface area contributed by atoms with Crippen LogP contribution in [-0.4, -0.2) is 52.4 Å². The Balaban J connectivity index is 0.00000441. The van der Waals surface area contributed by atoms with Crippen molar-refractivity contribution in [3.05, 3.63) is 28.7 Å². The van der Waals surface area contributed by atoms with E-state index in [1.165, 1.54) is 19.2 Å². The van der Waals surface area contributed by atoms with Crippen LogP contribution in [0.1, 0.15) is 6.42 Å². The zero-order valence-electron chi connectivity index (χ0n) is 12.5. The van der Waals surface area contributed by atoms with Crippen molar-refractivity contribution in [3.8, 4) is 0 Å². The molecule has 126 valence electrons. The van der Waals surface area contributed by atoms with E-state index in [2.05, 4.69) is 26.6 Å². The summed E-state index contributed by atoms with van der Waals surface area (Å²) in [5, 5.41) is 5.66. The van der Waals surface area contributed by atoms with Gasteiger partial charge in [-0.15, -0.1) is 12.4 Å². The van der Waals surface area contributed by atoms with Gasteiger partial charge in [-0.2, -0.15) is 4.31 Å². The van der Waals surface area contributed by atoms with E-state index in [-0.39, 0.29) is 29.8 Å². The number of nitrogens with one attached hydrogen (secondary N) is 2. The molecule has 9 heteroatoms. The highest BCUT2D eigenvalue weighted by molar-refractivity contribution is 9.10. The Bertz CT molecular complexity index is 566. The van der Waals surface area contributed by atoms with Gasteiger partial charge in [-0.3, -0.25) is 4.79 Å². The number of nitrogens with zero attached hydrogens (tertiary/aromatic N) is 1. The molecule has 0 spiro atoms. The van der Waals surface area contributed by atoms with Crippen molar-refractivity contribution in [2.75, 3.05) is 33.7 Å². The van der Waals surface area contributed by atoms with Gasteiger partial charge >= 0.3 is 0 Å². The quantitative estimate of drug-likeness (QED) is 0.627. The number of rotatable bonds is 8. The van der Waals surface area contributed by atoms with Crippen LogP contribution in [0.5, 0.6) is 0 Å². The summed E-state index contributed by atoms with van der Waals surface area (Å²) in [4.78, 5) is 11.9. The number of sulfonamides is 1. The molecule has 0 radical (unpaired) electrons. The van der Waals surface area contributed by atoms with Crippen molar-refractivity contribution in [2.24, 2.45) is 0 Å². The fraction of sp³-hybridized carbons (Fsp3) is 0.462. The largest absolute Gasteiger partial charge is 0.355 e. The lowest BCUT2D eigenvalue weighted by atomic mass is 10.4. The number of halogens is 2. The van der Waals surface area contributed by atoms with Crippen molar-refractivity contribution in [1.82, 2.24) is 14.9 Å². The lowest BCUT2D eigenvalue weighted by Gasteiger charge is -2.17. The first kappa shape index (κ1) is 21.3. The molecular weight excluding hydrogens is 394 g/mol. The van der Waals surface area contributed by atoms with Crippen molar-refractivity contribution in [2.45, 2.75) is 11.3 Å². The van der Waals surface area contributed by atoms with Gasteiger partial charge in [0.1, 0.15) is 0 Å². The minimum absolute atomic E-state index is 0. The molecule has 1 aromatic carbocycles. The summed E-state index contributed by atoms with van der Waals surface area (Å²) in [6, 6.07) is 6.30. The van der Waals surface area contributed by atoms with Crippen molar-refractivity contribution < 1.29 is 13.2 Å². The molecular formula is C13H21BrClN3O3S. The highest BCUT2D eigenvalue weighted by Crippen LogP contribution is 2.17. The summed E-state index contributed by atoms with van der Waals surface area (Å²) in [6.07, 6.45) is 0.797. The zero-order valence-corrected chi connectivity index (χ0v) is 15.7. The van der Waals surface area contributed by atoms with Gasteiger partial charge in [0.2, 0.25) is 15.9 Å². The van der Waals surface area contributed by atoms with Crippen LogP contribution in [0.15, 0.2) is 33.6 Å². The van der Waals surface area contributed by atoms with Gasteiger partial charge in [0, 0.05) is 18.1 Å². The minimum atomic E-state index is -3.65. The Morgan fingerprint density at radius 1 is 1.23 bits per heavy atom. The number of benzene rings is 1. The van der Waals surface area contributed by atoms with Crippen LogP contribution in [-0.2, 0) is 14.8 Å². The van der Waals surface area contributed by atoms with E-state index in [0.29, 0.717) is 6.54 Å². The Hall–Kier alpha value is -0.670. The molecule has 6 nitrogen and oxygen atoms in total. The van der Waals surface area contributed by atoms with E-state index >= 15 is 0 Å². The minimum Gasteiger partial charge on any atom is -0.355 e. The number of amides is 1. The molecule has 2 N–H and O–H groups in total. The van der Waals surface area contributed by atoms with Crippen LogP contribution in [0.2, 0.25) is 0 Å². The Morgan fingerprint density at radius 2 is 1.82 bits per heavy atom. The van der Waals surface area contributed by atoms with E-state index in [9.17, 15) is 13.2 Å². The molecule has 1 rings (SSSR count). The molecule has 0 unspecified atom stereocenters. The van der Waals surface area contributed by atoms with Gasteiger partial charge in [-0.1, -0.05) is 15.9 Å². The molecule has 1 aromatic rings. The van der Waals surface area contributed by atoms with Crippen LogP contribution in [0.3, 0.4) is 0 Å². The average Bonchev–Trinajstić information content (AvgIpc) is 2.44. The van der Waals surface area contributed by atoms with Gasteiger partial charge < -0.3 is 10.6 Å². The van der Waals surface area contributed by atoms with E-state index in [4.69, 9.17) is 0 Å². The third-order valence-electron chi connectivity index (χ3n) is 2.81. The van der Waals surface area contributed by atoms with E-state index in [0.717, 1.165) is 21.7 Å². The number of carbonyl (C=O) groups is 1. The molecule has 0 saturated carbocycles. The number of hydrogen-bond donors (Lipinski definition) is 2. The first-order valence-corrected chi connectivity index (χ1v) is 8.74. The summed E-state index contributed by atoms with van der Waals surface area (Å²) in [5.74, 6) is -0.311. The molecule has 0 atom stereocenters. The molecule has 1 amide bonds. The highest BCUT2D eigenvalue weighted by Gasteiger charge is 2.22. The normalized spacial score (nSPS) is 11.1. The van der Waals surface area contributed by atoms with Crippen LogP contribution in [0.25, 0.3) is 0 Å². The van der Waals surface area contributed by atoms with Crippen molar-refractivity contribution >= 4 is 44.3 Å². The second-order valence-electron chi connectivity index (χ2n) is 4.52. The summed E-state index contributed by atoms with van der Waals surface area (Å²) < 4.78 is 26.4. The van der Waals surface area contributed by atoms with Gasteiger partial charge in [0.25, 0.3) is 0 Å². The summed E-state index contributed by atoms with van der Waals surface area (Å²) in [6.45, 7) is 1.12. The maximum absolute atomic E-state index is 12.3. The Kier molecular flexibility index (Phi) is 9.86. The first-order chi connectivity index (χ1) is 9.87. The van der Waals surface area contributed by atoms with Gasteiger partial charge in [-0.25, -0.2) is 8.42 Å². The lowest BCUT2D eigenvalue weighted by Crippen LogP contribution is -2.39. The van der Waals surface area contributed by atoms with Crippen molar-refractivity contribution in [3.63, 3.8) is 0 Å². The third kappa shape index (κ3) is 6.62. The van der Waals surface area contributed by atoms with Crippen LogP contribution in [0, 0.1) is 0 Å². The number of likely N-dealkylation sites (N-methyl/N-ethyl adjacent to an activating group) is 1. The molecule has 0 aliphatic rings. The molecule has 0 fully saturated rings. The van der Waals surface area contributed by atoms with Crippen LogP contribution >= 0.6 is 28.3 Å². The Morgan fingerprint density at radius 3 is 2.36 bits per heavy atom. The average molecular weight is 415 g/mol. The predicted octanol–water partition coefficient (Wildman–Crippen LogP) is 1.22.